The molecule has 6 nitrogen and oxygen atoms in total. The van der Waals surface area contributed by atoms with Gasteiger partial charge in [-0.25, -0.2) is 13.6 Å². The molecule has 0 bridgehead atoms. The predicted molar refractivity (Wildman–Crippen MR) is 141 cm³/mol. The zero-order valence-electron chi connectivity index (χ0n) is 27.1. The van der Waals surface area contributed by atoms with E-state index in [0.717, 1.165) is 41.5 Å². The van der Waals surface area contributed by atoms with E-state index in [0.29, 0.717) is 6.92 Å². The summed E-state index contributed by atoms with van der Waals surface area (Å²) in [4.78, 5) is 25.6. The van der Waals surface area contributed by atoms with Crippen LogP contribution in [-0.2, 0) is 24.6 Å². The summed E-state index contributed by atoms with van der Waals surface area (Å²) in [5, 5.41) is 9.58. The Morgan fingerprint density at radius 2 is 1.06 bits per heavy atom. The van der Waals surface area contributed by atoms with Crippen LogP contribution in [0, 0.1) is 5.41 Å². The lowest BCUT2D eigenvalue weighted by Gasteiger charge is -2.49. The first-order valence-corrected chi connectivity index (χ1v) is 14.0. The molecule has 0 radical (unpaired) electrons. The van der Waals surface area contributed by atoms with Crippen LogP contribution in [0.3, 0.4) is 0 Å². The van der Waals surface area contributed by atoms with Gasteiger partial charge in [-0.05, 0) is 59.4 Å². The number of hydrogen-bond acceptors (Lipinski definition) is 6. The fourth-order valence-electron chi connectivity index (χ4n) is 4.79. The number of carbonyl (C=O) groups is 2. The number of esters is 1. The van der Waals surface area contributed by atoms with Gasteiger partial charge < -0.3 is 19.3 Å². The van der Waals surface area contributed by atoms with E-state index in [1.807, 2.05) is 0 Å². The Bertz CT molecular complexity index is 1300. The van der Waals surface area contributed by atoms with Crippen molar-refractivity contribution in [2.24, 2.45) is 5.41 Å². The van der Waals surface area contributed by atoms with Crippen molar-refractivity contribution in [3.05, 3.63) is 35.4 Å². The van der Waals surface area contributed by atoms with Crippen molar-refractivity contribution in [3.8, 4) is 0 Å². The van der Waals surface area contributed by atoms with E-state index in [9.17, 15) is 54.2 Å². The first-order chi connectivity index (χ1) is 21.4. The quantitative estimate of drug-likeness (QED) is 0.200. The average molecular weight is 745 g/mol. The van der Waals surface area contributed by atoms with Gasteiger partial charge in [0.25, 0.3) is 11.2 Å². The van der Waals surface area contributed by atoms with Gasteiger partial charge in [0, 0.05) is 12.0 Å². The molecule has 20 heteroatoms. The van der Waals surface area contributed by atoms with Crippen LogP contribution in [0.5, 0.6) is 0 Å². The summed E-state index contributed by atoms with van der Waals surface area (Å²) >= 11 is 0. The van der Waals surface area contributed by atoms with E-state index in [2.05, 4.69) is 14.2 Å². The number of rotatable bonds is 9. The zero-order chi connectivity index (χ0) is 39.3. The van der Waals surface area contributed by atoms with E-state index in [1.54, 1.807) is 0 Å². The van der Waals surface area contributed by atoms with Crippen molar-refractivity contribution in [2.75, 3.05) is 0 Å². The zero-order valence-corrected chi connectivity index (χ0v) is 27.1. The van der Waals surface area contributed by atoms with Crippen LogP contribution in [-0.4, -0.2) is 64.7 Å². The second kappa shape index (κ2) is 13.2. The van der Waals surface area contributed by atoms with Crippen molar-refractivity contribution in [1.29, 1.82) is 0 Å². The molecule has 1 rings (SSSR count). The van der Waals surface area contributed by atoms with E-state index >= 15 is 22.0 Å². The third-order valence-electron chi connectivity index (χ3n) is 7.22. The molecule has 0 fully saturated rings. The molecule has 0 amide bonds. The molecule has 0 spiro atoms. The minimum atomic E-state index is -6.71. The van der Waals surface area contributed by atoms with Gasteiger partial charge >= 0.3 is 42.8 Å². The lowest BCUT2D eigenvalue weighted by molar-refractivity contribution is -0.393. The van der Waals surface area contributed by atoms with Crippen LogP contribution in [0.4, 0.5) is 66.3 Å². The smallest absolute Gasteiger partial charge is 0.459 e. The van der Waals surface area contributed by atoms with Gasteiger partial charge in [-0.15, -0.1) is 0 Å². The normalized spacial score (nSPS) is 17.4. The fourth-order valence-corrected chi connectivity index (χ4v) is 4.79. The number of alkyl halides is 14. The molecule has 0 saturated carbocycles. The highest BCUT2D eigenvalue weighted by Gasteiger charge is 2.87. The molecule has 0 aliphatic heterocycles. The minimum Gasteiger partial charge on any atom is -0.459 e. The molecule has 0 aromatic heterocycles. The van der Waals surface area contributed by atoms with Crippen LogP contribution in [0.25, 0.3) is 0 Å². The summed E-state index contributed by atoms with van der Waals surface area (Å²) in [6.07, 6.45) is -33.2. The third-order valence-corrected chi connectivity index (χ3v) is 7.22. The summed E-state index contributed by atoms with van der Waals surface area (Å²) in [5.41, 5.74) is -23.0. The number of aliphatic hydroxyl groups is 1. The summed E-state index contributed by atoms with van der Waals surface area (Å²) < 4.78 is 216. The molecule has 0 aliphatic rings. The van der Waals surface area contributed by atoms with Crippen molar-refractivity contribution in [1.82, 2.24) is 0 Å². The van der Waals surface area contributed by atoms with Gasteiger partial charge in [0.1, 0.15) is 11.2 Å². The maximum absolute atomic E-state index is 16.7. The van der Waals surface area contributed by atoms with Crippen LogP contribution in [0.2, 0.25) is 0 Å². The first-order valence-electron chi connectivity index (χ1n) is 14.0. The Balaban J connectivity index is 4.19. The van der Waals surface area contributed by atoms with Crippen LogP contribution < -0.4 is 0 Å². The molecule has 1 N–H and O–H groups in total. The second-order valence-electron chi connectivity index (χ2n) is 13.2. The number of benzene rings is 1. The maximum Gasteiger partial charge on any atom is 0.509 e. The fraction of sp³-hybridized carbons (Fsp3) is 0.724. The highest BCUT2D eigenvalue weighted by molar-refractivity contribution is 5.80. The van der Waals surface area contributed by atoms with Gasteiger partial charge in [0.05, 0.1) is 0 Å². The first kappa shape index (κ1) is 44.0. The molecule has 0 saturated heterocycles. The Labute approximate surface area is 271 Å². The molecule has 3 atom stereocenters. The lowest BCUT2D eigenvalue weighted by atomic mass is 9.67. The molecule has 284 valence electrons. The largest absolute Gasteiger partial charge is 0.509 e. The number of hydrogen-bond donors (Lipinski definition) is 1. The molecular weight excluding hydrogens is 710 g/mol. The number of ether oxygens (including phenoxy) is 3. The molecule has 0 aliphatic carbocycles. The van der Waals surface area contributed by atoms with E-state index in [4.69, 9.17) is 0 Å². The summed E-state index contributed by atoms with van der Waals surface area (Å²) in [6.45, 7) is 6.66. The van der Waals surface area contributed by atoms with Crippen molar-refractivity contribution < 1.29 is 90.4 Å². The Kier molecular flexibility index (Phi) is 11.9. The SMILES string of the molecule is CCC(C(=O)OC(C)(C)C)(C(F)(F)F)C(F)(F)C(CC(C)c1ccc(C(O)(C(F)(F)F)C(F)(F)F)cc1)(OC(=O)OC(C)(C)C)C(F)(F)F. The van der Waals surface area contributed by atoms with Gasteiger partial charge in [0.15, 0.2) is 0 Å². The van der Waals surface area contributed by atoms with Gasteiger partial charge in [-0.2, -0.15) is 52.7 Å². The topological polar surface area (TPSA) is 82.1 Å². The van der Waals surface area contributed by atoms with E-state index in [-0.39, 0.29) is 31.2 Å². The van der Waals surface area contributed by atoms with Gasteiger partial charge in [0.2, 0.25) is 5.41 Å². The van der Waals surface area contributed by atoms with Crippen LogP contribution >= 0.6 is 0 Å². The minimum absolute atomic E-state index is 0.0539. The summed E-state index contributed by atoms with van der Waals surface area (Å²) in [5.74, 6) is -11.7. The van der Waals surface area contributed by atoms with E-state index in [1.165, 1.54) is 0 Å². The van der Waals surface area contributed by atoms with Crippen LogP contribution in [0.15, 0.2) is 24.3 Å². The van der Waals surface area contributed by atoms with Crippen molar-refractivity contribution in [2.45, 2.75) is 127 Å². The standard InChI is InChI=1S/C29H34F14O6/c1-9-22(26(32,33)34,18(44)47-20(3,4)5)25(30,31)23(27(35,36)37,49-19(45)48-21(6,7)8)14-15(2)16-10-12-17(13-11-16)24(46,28(38,39)40)29(41,42)43/h10-13,15,46H,9,14H2,1-8H3. The molecule has 3 unspecified atom stereocenters. The monoisotopic (exact) mass is 744 g/mol. The van der Waals surface area contributed by atoms with Crippen molar-refractivity contribution in [3.63, 3.8) is 0 Å². The average Bonchev–Trinajstić information content (AvgIpc) is 2.83. The van der Waals surface area contributed by atoms with Crippen LogP contribution in [0.1, 0.15) is 85.3 Å². The molecule has 1 aromatic carbocycles. The van der Waals surface area contributed by atoms with Gasteiger partial charge in [-0.1, -0.05) is 38.1 Å². The number of halogens is 14. The Morgan fingerprint density at radius 1 is 0.653 bits per heavy atom. The molecule has 49 heavy (non-hydrogen) atoms. The van der Waals surface area contributed by atoms with Crippen molar-refractivity contribution >= 4 is 12.1 Å². The highest BCUT2D eigenvalue weighted by atomic mass is 19.4. The maximum atomic E-state index is 16.7. The molecular formula is C29H34F14O6. The summed E-state index contributed by atoms with van der Waals surface area (Å²) in [7, 11) is 0. The lowest BCUT2D eigenvalue weighted by Crippen LogP contribution is -2.73. The highest BCUT2D eigenvalue weighted by Crippen LogP contribution is 2.63. The third kappa shape index (κ3) is 8.30. The Morgan fingerprint density at radius 3 is 1.37 bits per heavy atom. The molecule has 0 heterocycles. The Hall–Kier alpha value is -3.06. The van der Waals surface area contributed by atoms with Gasteiger partial charge in [-0.3, -0.25) is 4.79 Å². The number of carbonyl (C=O) groups excluding carboxylic acids is 2. The van der Waals surface area contributed by atoms with E-state index < -0.39 is 100 Å². The summed E-state index contributed by atoms with van der Waals surface area (Å²) in [6, 6.07) is 0.392. The molecule has 1 aromatic rings. The predicted octanol–water partition coefficient (Wildman–Crippen LogP) is 9.68. The second-order valence-corrected chi connectivity index (χ2v) is 13.2.